The van der Waals surface area contributed by atoms with Gasteiger partial charge in [-0.05, 0) is 47.0 Å². The molecular formula is C12H14BrFO2. The maximum absolute atomic E-state index is 13.1. The van der Waals surface area contributed by atoms with Gasteiger partial charge in [0.2, 0.25) is 0 Å². The minimum atomic E-state index is -0.589. The van der Waals surface area contributed by atoms with Crippen molar-refractivity contribution in [2.75, 3.05) is 6.61 Å². The molecular weight excluding hydrogens is 275 g/mol. The van der Waals surface area contributed by atoms with Gasteiger partial charge in [-0.15, -0.1) is 0 Å². The number of hydrogen-bond acceptors (Lipinski definition) is 2. The summed E-state index contributed by atoms with van der Waals surface area (Å²) in [7, 11) is 0. The fourth-order valence-corrected chi connectivity index (χ4v) is 2.50. The summed E-state index contributed by atoms with van der Waals surface area (Å²) in [6.07, 6.45) is 0.311. The van der Waals surface area contributed by atoms with Gasteiger partial charge in [-0.3, -0.25) is 0 Å². The van der Waals surface area contributed by atoms with Crippen molar-refractivity contribution >= 4 is 15.9 Å². The molecule has 0 spiro atoms. The Balaban J connectivity index is 2.20. The van der Waals surface area contributed by atoms with Crippen molar-refractivity contribution in [2.24, 2.45) is 5.92 Å². The molecule has 1 aromatic rings. The second-order valence-corrected chi connectivity index (χ2v) is 5.00. The Labute approximate surface area is 103 Å². The fourth-order valence-electron chi connectivity index (χ4n) is 2.11. The molecule has 16 heavy (non-hydrogen) atoms. The fraction of sp³-hybridized carbons (Fsp3) is 0.500. The summed E-state index contributed by atoms with van der Waals surface area (Å²) in [6, 6.07) is 4.62. The lowest BCUT2D eigenvalue weighted by Gasteiger charge is -2.21. The number of benzene rings is 1. The lowest BCUT2D eigenvalue weighted by molar-refractivity contribution is 0.0431. The molecule has 1 saturated heterocycles. The second kappa shape index (κ2) is 4.82. The molecule has 4 heteroatoms. The van der Waals surface area contributed by atoms with Crippen LogP contribution >= 0.6 is 15.9 Å². The van der Waals surface area contributed by atoms with Crippen molar-refractivity contribution < 1.29 is 14.2 Å². The van der Waals surface area contributed by atoms with Gasteiger partial charge in [-0.25, -0.2) is 4.39 Å². The molecule has 0 radical (unpaired) electrons. The normalized spacial score (nSPS) is 27.0. The summed E-state index contributed by atoms with van der Waals surface area (Å²) in [5.41, 5.74) is 0.732. The summed E-state index contributed by atoms with van der Waals surface area (Å²) in [4.78, 5) is 0. The topological polar surface area (TPSA) is 29.5 Å². The standard InChI is InChI=1S/C12H14BrFO2/c1-7-9(4-5-16-7)12(15)8-2-3-11(14)10(13)6-8/h2-3,6-7,9,12,15H,4-5H2,1H3. The number of aliphatic hydroxyl groups excluding tert-OH is 1. The molecule has 1 aliphatic rings. The average Bonchev–Trinajstić information content (AvgIpc) is 2.67. The molecule has 88 valence electrons. The molecule has 0 aromatic heterocycles. The lowest BCUT2D eigenvalue weighted by atomic mass is 9.91. The van der Waals surface area contributed by atoms with E-state index in [0.717, 1.165) is 12.0 Å². The van der Waals surface area contributed by atoms with Gasteiger partial charge in [0.1, 0.15) is 5.82 Å². The first-order valence-electron chi connectivity index (χ1n) is 5.34. The predicted octanol–water partition coefficient (Wildman–Crippen LogP) is 3.05. The van der Waals surface area contributed by atoms with Crippen molar-refractivity contribution in [2.45, 2.75) is 25.6 Å². The van der Waals surface area contributed by atoms with E-state index >= 15 is 0 Å². The van der Waals surface area contributed by atoms with Crippen LogP contribution in [0.5, 0.6) is 0 Å². The lowest BCUT2D eigenvalue weighted by Crippen LogP contribution is -2.19. The van der Waals surface area contributed by atoms with E-state index < -0.39 is 6.10 Å². The molecule has 1 N–H and O–H groups in total. The molecule has 3 unspecified atom stereocenters. The minimum absolute atomic E-state index is 0.0545. The van der Waals surface area contributed by atoms with E-state index in [-0.39, 0.29) is 17.8 Å². The molecule has 1 aliphatic heterocycles. The average molecular weight is 289 g/mol. The van der Waals surface area contributed by atoms with E-state index in [0.29, 0.717) is 11.1 Å². The third kappa shape index (κ3) is 2.29. The Kier molecular flexibility index (Phi) is 3.62. The van der Waals surface area contributed by atoms with Gasteiger partial charge < -0.3 is 9.84 Å². The molecule has 3 atom stereocenters. The second-order valence-electron chi connectivity index (χ2n) is 4.15. The maximum Gasteiger partial charge on any atom is 0.137 e. The third-order valence-electron chi connectivity index (χ3n) is 3.13. The van der Waals surface area contributed by atoms with Crippen LogP contribution in [0.15, 0.2) is 22.7 Å². The molecule has 1 aromatic carbocycles. The molecule has 0 aliphatic carbocycles. The highest BCUT2D eigenvalue weighted by molar-refractivity contribution is 9.10. The van der Waals surface area contributed by atoms with Crippen molar-refractivity contribution in [3.63, 3.8) is 0 Å². The van der Waals surface area contributed by atoms with Gasteiger partial charge in [0.15, 0.2) is 0 Å². The molecule has 2 nitrogen and oxygen atoms in total. The van der Waals surface area contributed by atoms with Crippen LogP contribution in [0.25, 0.3) is 0 Å². The van der Waals surface area contributed by atoms with Crippen LogP contribution in [0, 0.1) is 11.7 Å². The predicted molar refractivity (Wildman–Crippen MR) is 62.6 cm³/mol. The molecule has 0 amide bonds. The van der Waals surface area contributed by atoms with Crippen LogP contribution < -0.4 is 0 Å². The Morgan fingerprint density at radius 1 is 1.56 bits per heavy atom. The van der Waals surface area contributed by atoms with Crippen LogP contribution in [0.3, 0.4) is 0 Å². The smallest absolute Gasteiger partial charge is 0.137 e. The number of ether oxygens (including phenoxy) is 1. The van der Waals surface area contributed by atoms with E-state index in [1.165, 1.54) is 6.07 Å². The summed E-state index contributed by atoms with van der Waals surface area (Å²) < 4.78 is 18.9. The van der Waals surface area contributed by atoms with Crippen molar-refractivity contribution in [3.8, 4) is 0 Å². The van der Waals surface area contributed by atoms with Crippen molar-refractivity contribution in [1.29, 1.82) is 0 Å². The quantitative estimate of drug-likeness (QED) is 0.906. The summed E-state index contributed by atoms with van der Waals surface area (Å²) >= 11 is 3.12. The van der Waals surface area contributed by atoms with E-state index in [2.05, 4.69) is 15.9 Å². The van der Waals surface area contributed by atoms with Gasteiger partial charge in [0.05, 0.1) is 16.7 Å². The number of rotatable bonds is 2. The first-order chi connectivity index (χ1) is 7.59. The van der Waals surface area contributed by atoms with Gasteiger partial charge in [-0.1, -0.05) is 6.07 Å². The first-order valence-corrected chi connectivity index (χ1v) is 6.13. The van der Waals surface area contributed by atoms with E-state index in [9.17, 15) is 9.50 Å². The van der Waals surface area contributed by atoms with Gasteiger partial charge in [-0.2, -0.15) is 0 Å². The van der Waals surface area contributed by atoms with E-state index in [1.54, 1.807) is 12.1 Å². The summed E-state index contributed by atoms with van der Waals surface area (Å²) in [6.45, 7) is 2.64. The minimum Gasteiger partial charge on any atom is -0.388 e. The number of hydrogen-bond donors (Lipinski definition) is 1. The zero-order valence-corrected chi connectivity index (χ0v) is 10.6. The Morgan fingerprint density at radius 3 is 2.88 bits per heavy atom. The largest absolute Gasteiger partial charge is 0.388 e. The molecule has 0 saturated carbocycles. The van der Waals surface area contributed by atoms with E-state index in [4.69, 9.17) is 4.74 Å². The summed E-state index contributed by atoms with van der Waals surface area (Å²) in [5, 5.41) is 10.2. The Bertz CT molecular complexity index is 383. The molecule has 1 heterocycles. The van der Waals surface area contributed by atoms with Crippen molar-refractivity contribution in [1.82, 2.24) is 0 Å². The van der Waals surface area contributed by atoms with Gasteiger partial charge in [0.25, 0.3) is 0 Å². The Morgan fingerprint density at radius 2 is 2.31 bits per heavy atom. The monoisotopic (exact) mass is 288 g/mol. The molecule has 2 rings (SSSR count). The van der Waals surface area contributed by atoms with Gasteiger partial charge in [0, 0.05) is 12.5 Å². The number of halogens is 2. The number of aliphatic hydroxyl groups is 1. The van der Waals surface area contributed by atoms with Crippen molar-refractivity contribution in [3.05, 3.63) is 34.1 Å². The Hall–Kier alpha value is -0.450. The van der Waals surface area contributed by atoms with Crippen LogP contribution in [-0.4, -0.2) is 17.8 Å². The molecule has 1 fully saturated rings. The van der Waals surface area contributed by atoms with Crippen LogP contribution in [0.4, 0.5) is 4.39 Å². The highest BCUT2D eigenvalue weighted by atomic mass is 79.9. The third-order valence-corrected chi connectivity index (χ3v) is 3.73. The van der Waals surface area contributed by atoms with E-state index in [1.807, 2.05) is 6.92 Å². The van der Waals surface area contributed by atoms with Crippen LogP contribution in [0.2, 0.25) is 0 Å². The maximum atomic E-state index is 13.1. The highest BCUT2D eigenvalue weighted by Crippen LogP contribution is 2.34. The van der Waals surface area contributed by atoms with Crippen LogP contribution in [0.1, 0.15) is 25.0 Å². The summed E-state index contributed by atoms with van der Waals surface area (Å²) in [5.74, 6) is -0.218. The zero-order valence-electron chi connectivity index (χ0n) is 8.99. The first kappa shape index (κ1) is 12.0. The highest BCUT2D eigenvalue weighted by Gasteiger charge is 2.31. The SMILES string of the molecule is CC1OCCC1C(O)c1ccc(F)c(Br)c1. The van der Waals surface area contributed by atoms with Crippen LogP contribution in [-0.2, 0) is 4.74 Å². The molecule has 0 bridgehead atoms. The van der Waals surface area contributed by atoms with Gasteiger partial charge >= 0.3 is 0 Å². The zero-order chi connectivity index (χ0) is 11.7.